The number of aromatic nitrogens is 1. The van der Waals surface area contributed by atoms with Gasteiger partial charge in [0.1, 0.15) is 5.75 Å². The molecule has 0 fully saturated rings. The van der Waals surface area contributed by atoms with Crippen molar-refractivity contribution in [2.75, 3.05) is 7.11 Å². The molecule has 0 aliphatic rings. The van der Waals surface area contributed by atoms with Crippen LogP contribution in [-0.4, -0.2) is 12.1 Å². The van der Waals surface area contributed by atoms with Gasteiger partial charge in [-0.15, -0.1) is 0 Å². The van der Waals surface area contributed by atoms with E-state index in [4.69, 9.17) is 4.74 Å². The molecule has 0 spiro atoms. The van der Waals surface area contributed by atoms with Crippen LogP contribution in [0.3, 0.4) is 0 Å². The highest BCUT2D eigenvalue weighted by Gasteiger charge is 2.13. The zero-order valence-corrected chi connectivity index (χ0v) is 12.4. The third-order valence-corrected chi connectivity index (χ3v) is 3.45. The van der Waals surface area contributed by atoms with Crippen molar-refractivity contribution in [3.63, 3.8) is 0 Å². The molecule has 2 rings (SSSR count). The maximum Gasteiger partial charge on any atom is 0.123 e. The van der Waals surface area contributed by atoms with Gasteiger partial charge >= 0.3 is 0 Å². The Morgan fingerprint density at radius 2 is 2.00 bits per heavy atom. The van der Waals surface area contributed by atoms with E-state index in [0.29, 0.717) is 0 Å². The summed E-state index contributed by atoms with van der Waals surface area (Å²) in [4.78, 5) is 4.32. The fourth-order valence-electron chi connectivity index (χ4n) is 2.27. The monoisotopic (exact) mass is 270 g/mol. The van der Waals surface area contributed by atoms with Crippen molar-refractivity contribution >= 4 is 0 Å². The third-order valence-electron chi connectivity index (χ3n) is 3.45. The lowest BCUT2D eigenvalue weighted by molar-refractivity contribution is 0.396. The second kappa shape index (κ2) is 7.06. The second-order valence-corrected chi connectivity index (χ2v) is 4.89. The van der Waals surface area contributed by atoms with Crippen molar-refractivity contribution in [1.29, 1.82) is 0 Å². The summed E-state index contributed by atoms with van der Waals surface area (Å²) in [6.45, 7) is 4.99. The normalized spacial score (nSPS) is 12.2. The molecule has 20 heavy (non-hydrogen) atoms. The highest BCUT2D eigenvalue weighted by molar-refractivity contribution is 5.35. The Hall–Kier alpha value is -1.87. The Labute approximate surface area is 121 Å². The zero-order valence-electron chi connectivity index (χ0n) is 12.4. The predicted octanol–water partition coefficient (Wildman–Crippen LogP) is 3.64. The molecular formula is C17H22N2O. The van der Waals surface area contributed by atoms with E-state index < -0.39 is 0 Å². The van der Waals surface area contributed by atoms with E-state index in [-0.39, 0.29) is 6.04 Å². The summed E-state index contributed by atoms with van der Waals surface area (Å²) in [6, 6.07) is 12.6. The van der Waals surface area contributed by atoms with Gasteiger partial charge in [-0.25, -0.2) is 0 Å². The molecule has 1 heterocycles. The summed E-state index contributed by atoms with van der Waals surface area (Å²) < 4.78 is 5.44. The van der Waals surface area contributed by atoms with Crippen molar-refractivity contribution in [2.45, 2.75) is 32.9 Å². The number of para-hydroxylation sites is 1. The first-order chi connectivity index (χ1) is 9.74. The number of benzene rings is 1. The molecule has 0 saturated heterocycles. The Morgan fingerprint density at radius 3 is 2.65 bits per heavy atom. The van der Waals surface area contributed by atoms with Crippen LogP contribution in [0.1, 0.15) is 36.2 Å². The summed E-state index contributed by atoms with van der Waals surface area (Å²) in [5.41, 5.74) is 3.45. The van der Waals surface area contributed by atoms with Gasteiger partial charge in [-0.3, -0.25) is 4.98 Å². The summed E-state index contributed by atoms with van der Waals surface area (Å²) in [6.07, 6.45) is 2.94. The molecule has 0 saturated carbocycles. The smallest absolute Gasteiger partial charge is 0.123 e. The molecule has 1 unspecified atom stereocenters. The number of rotatable bonds is 6. The third kappa shape index (κ3) is 3.58. The lowest BCUT2D eigenvalue weighted by Gasteiger charge is -2.20. The van der Waals surface area contributed by atoms with Crippen LogP contribution in [0.5, 0.6) is 5.75 Å². The van der Waals surface area contributed by atoms with Crippen LogP contribution >= 0.6 is 0 Å². The molecule has 106 valence electrons. The van der Waals surface area contributed by atoms with E-state index in [1.165, 1.54) is 11.1 Å². The van der Waals surface area contributed by atoms with Gasteiger partial charge < -0.3 is 10.1 Å². The van der Waals surface area contributed by atoms with Gasteiger partial charge in [0.2, 0.25) is 0 Å². The number of methoxy groups -OCH3 is 1. The molecule has 0 bridgehead atoms. The van der Waals surface area contributed by atoms with E-state index in [1.54, 1.807) is 7.11 Å². The zero-order chi connectivity index (χ0) is 14.4. The Balaban J connectivity index is 2.07. The fraction of sp³-hybridized carbons (Fsp3) is 0.353. The number of hydrogen-bond acceptors (Lipinski definition) is 3. The van der Waals surface area contributed by atoms with Crippen LogP contribution in [0.25, 0.3) is 0 Å². The molecule has 3 nitrogen and oxygen atoms in total. The average molecular weight is 270 g/mol. The number of ether oxygens (including phenoxy) is 1. The molecular weight excluding hydrogens is 248 g/mol. The molecule has 1 aromatic carbocycles. The molecule has 2 aromatic rings. The lowest BCUT2D eigenvalue weighted by Crippen LogP contribution is -2.21. The van der Waals surface area contributed by atoms with Gasteiger partial charge in [0.25, 0.3) is 0 Å². The molecule has 0 radical (unpaired) electrons. The summed E-state index contributed by atoms with van der Waals surface area (Å²) >= 11 is 0. The number of hydrogen-bond donors (Lipinski definition) is 1. The first kappa shape index (κ1) is 14.5. The largest absolute Gasteiger partial charge is 0.496 e. The maximum absolute atomic E-state index is 5.44. The Morgan fingerprint density at radius 1 is 1.20 bits per heavy atom. The van der Waals surface area contributed by atoms with Crippen LogP contribution in [0.4, 0.5) is 0 Å². The maximum atomic E-state index is 5.44. The highest BCUT2D eigenvalue weighted by atomic mass is 16.5. The topological polar surface area (TPSA) is 34.2 Å². The van der Waals surface area contributed by atoms with Crippen molar-refractivity contribution in [3.8, 4) is 5.75 Å². The standard InChI is InChI=1S/C17H22N2O/c1-4-16(15-7-5-6-8-17(15)20-3)19-12-14-10-9-13(2)18-11-14/h5-11,16,19H,4,12H2,1-3H3. The molecule has 1 aromatic heterocycles. The van der Waals surface area contributed by atoms with Gasteiger partial charge in [0, 0.05) is 30.0 Å². The van der Waals surface area contributed by atoms with Gasteiger partial charge in [-0.05, 0) is 31.0 Å². The SMILES string of the molecule is CCC(NCc1ccc(C)nc1)c1ccccc1OC. The highest BCUT2D eigenvalue weighted by Crippen LogP contribution is 2.26. The first-order valence-corrected chi connectivity index (χ1v) is 7.02. The number of aryl methyl sites for hydroxylation is 1. The van der Waals surface area contributed by atoms with Crippen molar-refractivity contribution in [1.82, 2.24) is 10.3 Å². The summed E-state index contributed by atoms with van der Waals surface area (Å²) in [5.74, 6) is 0.939. The molecule has 0 aliphatic carbocycles. The van der Waals surface area contributed by atoms with Gasteiger partial charge in [0.05, 0.1) is 7.11 Å². The van der Waals surface area contributed by atoms with E-state index in [0.717, 1.165) is 24.4 Å². The number of nitrogens with one attached hydrogen (secondary N) is 1. The van der Waals surface area contributed by atoms with Gasteiger partial charge in [-0.1, -0.05) is 31.2 Å². The first-order valence-electron chi connectivity index (χ1n) is 7.02. The van der Waals surface area contributed by atoms with Crippen molar-refractivity contribution in [3.05, 3.63) is 59.4 Å². The summed E-state index contributed by atoms with van der Waals surface area (Å²) in [7, 11) is 1.72. The van der Waals surface area contributed by atoms with Crippen LogP contribution in [-0.2, 0) is 6.54 Å². The van der Waals surface area contributed by atoms with Gasteiger partial charge in [0.15, 0.2) is 0 Å². The number of pyridine rings is 1. The molecule has 3 heteroatoms. The predicted molar refractivity (Wildman–Crippen MR) is 81.8 cm³/mol. The lowest BCUT2D eigenvalue weighted by atomic mass is 10.0. The van der Waals surface area contributed by atoms with Crippen LogP contribution in [0, 0.1) is 6.92 Å². The molecule has 1 N–H and O–H groups in total. The Bertz CT molecular complexity index is 537. The fourth-order valence-corrected chi connectivity index (χ4v) is 2.27. The minimum absolute atomic E-state index is 0.285. The van der Waals surface area contributed by atoms with E-state index in [9.17, 15) is 0 Å². The van der Waals surface area contributed by atoms with Crippen LogP contribution in [0.15, 0.2) is 42.6 Å². The Kier molecular flexibility index (Phi) is 5.13. The van der Waals surface area contributed by atoms with Crippen molar-refractivity contribution in [2.24, 2.45) is 0 Å². The minimum atomic E-state index is 0.285. The van der Waals surface area contributed by atoms with Gasteiger partial charge in [-0.2, -0.15) is 0 Å². The van der Waals surface area contributed by atoms with E-state index in [2.05, 4.69) is 35.4 Å². The molecule has 0 aliphatic heterocycles. The van der Waals surface area contributed by atoms with Crippen molar-refractivity contribution < 1.29 is 4.74 Å². The van der Waals surface area contributed by atoms with Crippen LogP contribution in [0.2, 0.25) is 0 Å². The quantitative estimate of drug-likeness (QED) is 0.870. The second-order valence-electron chi connectivity index (χ2n) is 4.89. The van der Waals surface area contributed by atoms with E-state index >= 15 is 0 Å². The average Bonchev–Trinajstić information content (AvgIpc) is 2.50. The minimum Gasteiger partial charge on any atom is -0.496 e. The molecule has 0 amide bonds. The van der Waals surface area contributed by atoms with E-state index in [1.807, 2.05) is 31.3 Å². The molecule has 1 atom stereocenters. The van der Waals surface area contributed by atoms with Crippen LogP contribution < -0.4 is 10.1 Å². The number of nitrogens with zero attached hydrogens (tertiary/aromatic N) is 1. The summed E-state index contributed by atoms with van der Waals surface area (Å²) in [5, 5.41) is 3.58.